The second-order valence-corrected chi connectivity index (χ2v) is 4.28. The zero-order valence-corrected chi connectivity index (χ0v) is 9.88. The summed E-state index contributed by atoms with van der Waals surface area (Å²) in [4.78, 5) is 15.9. The van der Waals surface area contributed by atoms with E-state index in [-0.39, 0.29) is 11.6 Å². The number of methoxy groups -OCH3 is 1. The lowest BCUT2D eigenvalue weighted by molar-refractivity contribution is -0.0816. The van der Waals surface area contributed by atoms with Crippen LogP contribution in [0, 0.1) is 0 Å². The molecule has 0 radical (unpaired) electrons. The molecule has 1 aromatic rings. The number of aromatic hydroxyl groups is 1. The van der Waals surface area contributed by atoms with Crippen molar-refractivity contribution in [1.82, 2.24) is 9.55 Å². The Morgan fingerprint density at radius 2 is 2.18 bits per heavy atom. The molecule has 0 aromatic carbocycles. The average molecular weight is 240 g/mol. The van der Waals surface area contributed by atoms with Crippen LogP contribution in [-0.4, -0.2) is 26.9 Å². The second kappa shape index (κ2) is 4.46. The van der Waals surface area contributed by atoms with Crippen molar-refractivity contribution in [1.29, 1.82) is 0 Å². The fraction of sp³-hybridized carbons (Fsp3) is 0.636. The van der Waals surface area contributed by atoms with E-state index < -0.39 is 17.6 Å². The van der Waals surface area contributed by atoms with Gasteiger partial charge in [0.15, 0.2) is 0 Å². The maximum Gasteiger partial charge on any atom is 0.295 e. The maximum atomic E-state index is 11.8. The first kappa shape index (κ1) is 12.1. The number of aliphatic hydroxyl groups is 1. The van der Waals surface area contributed by atoms with Crippen LogP contribution >= 0.6 is 0 Å². The summed E-state index contributed by atoms with van der Waals surface area (Å²) in [6.07, 6.45) is 1.70. The molecule has 6 heteroatoms. The minimum Gasteiger partial charge on any atom is -0.502 e. The van der Waals surface area contributed by atoms with Gasteiger partial charge in [0.2, 0.25) is 12.0 Å². The lowest BCUT2D eigenvalue weighted by Gasteiger charge is -2.27. The van der Waals surface area contributed by atoms with E-state index in [4.69, 9.17) is 0 Å². The Bertz CT molecular complexity index is 447. The minimum absolute atomic E-state index is 0.0995. The number of nitrogens with zero attached hydrogens (tertiary/aromatic N) is 2. The SMILES string of the molecule is COC(O)c1nc(C2CCC2)n(C)c(=O)c1O. The van der Waals surface area contributed by atoms with Gasteiger partial charge in [0.05, 0.1) is 0 Å². The third-order valence-electron chi connectivity index (χ3n) is 3.26. The zero-order chi connectivity index (χ0) is 12.6. The summed E-state index contributed by atoms with van der Waals surface area (Å²) in [6, 6.07) is 0. The first-order valence-corrected chi connectivity index (χ1v) is 5.57. The third-order valence-corrected chi connectivity index (χ3v) is 3.26. The molecule has 0 spiro atoms. The first-order valence-electron chi connectivity index (χ1n) is 5.57. The normalized spacial score (nSPS) is 17.8. The summed E-state index contributed by atoms with van der Waals surface area (Å²) < 4.78 is 6.02. The summed E-state index contributed by atoms with van der Waals surface area (Å²) in [7, 11) is 2.86. The molecule has 1 aromatic heterocycles. The van der Waals surface area contributed by atoms with Crippen molar-refractivity contribution >= 4 is 0 Å². The van der Waals surface area contributed by atoms with Crippen molar-refractivity contribution in [2.45, 2.75) is 31.5 Å². The van der Waals surface area contributed by atoms with E-state index >= 15 is 0 Å². The Balaban J connectivity index is 2.53. The summed E-state index contributed by atoms with van der Waals surface area (Å²) in [5.74, 6) is 0.283. The first-order chi connectivity index (χ1) is 8.06. The monoisotopic (exact) mass is 240 g/mol. The maximum absolute atomic E-state index is 11.8. The molecular formula is C11H16N2O4. The lowest BCUT2D eigenvalue weighted by atomic mass is 9.84. The van der Waals surface area contributed by atoms with Crippen molar-refractivity contribution in [2.75, 3.05) is 7.11 Å². The van der Waals surface area contributed by atoms with Gasteiger partial charge in [-0.1, -0.05) is 6.42 Å². The fourth-order valence-corrected chi connectivity index (χ4v) is 1.94. The van der Waals surface area contributed by atoms with Crippen LogP contribution < -0.4 is 5.56 Å². The highest BCUT2D eigenvalue weighted by atomic mass is 16.6. The average Bonchev–Trinajstić information content (AvgIpc) is 2.26. The summed E-state index contributed by atoms with van der Waals surface area (Å²) in [6.45, 7) is 0. The topological polar surface area (TPSA) is 84.6 Å². The largest absolute Gasteiger partial charge is 0.502 e. The van der Waals surface area contributed by atoms with Crippen LogP contribution in [0.25, 0.3) is 0 Å². The molecule has 0 saturated heterocycles. The van der Waals surface area contributed by atoms with E-state index in [9.17, 15) is 15.0 Å². The summed E-state index contributed by atoms with van der Waals surface area (Å²) >= 11 is 0. The number of hydrogen-bond donors (Lipinski definition) is 2. The van der Waals surface area contributed by atoms with Gasteiger partial charge in [0.1, 0.15) is 11.5 Å². The molecule has 1 aliphatic rings. The highest BCUT2D eigenvalue weighted by molar-refractivity contribution is 5.26. The van der Waals surface area contributed by atoms with E-state index in [2.05, 4.69) is 9.72 Å². The molecule has 2 N–H and O–H groups in total. The number of hydrogen-bond acceptors (Lipinski definition) is 5. The molecular weight excluding hydrogens is 224 g/mol. The molecule has 0 aliphatic heterocycles. The van der Waals surface area contributed by atoms with Crippen LogP contribution in [0.5, 0.6) is 5.75 Å². The van der Waals surface area contributed by atoms with Gasteiger partial charge in [-0.05, 0) is 12.8 Å². The second-order valence-electron chi connectivity index (χ2n) is 4.28. The molecule has 0 bridgehead atoms. The predicted molar refractivity (Wildman–Crippen MR) is 59.7 cm³/mol. The summed E-state index contributed by atoms with van der Waals surface area (Å²) in [5.41, 5.74) is -0.648. The fourth-order valence-electron chi connectivity index (χ4n) is 1.94. The van der Waals surface area contributed by atoms with Gasteiger partial charge in [-0.15, -0.1) is 0 Å². The van der Waals surface area contributed by atoms with Gasteiger partial charge in [0, 0.05) is 20.1 Å². The van der Waals surface area contributed by atoms with Gasteiger partial charge in [-0.25, -0.2) is 4.98 Å². The molecule has 2 rings (SSSR count). The van der Waals surface area contributed by atoms with E-state index in [0.29, 0.717) is 5.82 Å². The van der Waals surface area contributed by atoms with Gasteiger partial charge in [0.25, 0.3) is 5.56 Å². The molecule has 1 aliphatic carbocycles. The van der Waals surface area contributed by atoms with Crippen molar-refractivity contribution in [3.8, 4) is 5.75 Å². The van der Waals surface area contributed by atoms with Crippen LogP contribution in [0.2, 0.25) is 0 Å². The highest BCUT2D eigenvalue weighted by Crippen LogP contribution is 2.35. The molecule has 1 heterocycles. The Labute approximate surface area is 98.5 Å². The van der Waals surface area contributed by atoms with E-state index in [1.165, 1.54) is 11.7 Å². The van der Waals surface area contributed by atoms with Crippen molar-refractivity contribution in [3.05, 3.63) is 21.9 Å². The lowest BCUT2D eigenvalue weighted by Crippen LogP contribution is -2.28. The molecule has 17 heavy (non-hydrogen) atoms. The molecule has 1 fully saturated rings. The number of ether oxygens (including phenoxy) is 1. The number of aliphatic hydroxyl groups excluding tert-OH is 1. The number of aromatic nitrogens is 2. The molecule has 6 nitrogen and oxygen atoms in total. The van der Waals surface area contributed by atoms with Gasteiger partial charge in [-0.2, -0.15) is 0 Å². The van der Waals surface area contributed by atoms with Gasteiger partial charge < -0.3 is 14.9 Å². The van der Waals surface area contributed by atoms with Crippen LogP contribution in [0.3, 0.4) is 0 Å². The number of rotatable bonds is 3. The van der Waals surface area contributed by atoms with Crippen LogP contribution in [0.15, 0.2) is 4.79 Å². The summed E-state index contributed by atoms with van der Waals surface area (Å²) in [5, 5.41) is 19.2. The van der Waals surface area contributed by atoms with Crippen LogP contribution in [-0.2, 0) is 11.8 Å². The van der Waals surface area contributed by atoms with Crippen LogP contribution in [0.4, 0.5) is 0 Å². The van der Waals surface area contributed by atoms with Crippen molar-refractivity contribution in [3.63, 3.8) is 0 Å². The molecule has 0 amide bonds. The van der Waals surface area contributed by atoms with Crippen molar-refractivity contribution < 1.29 is 14.9 Å². The zero-order valence-electron chi connectivity index (χ0n) is 9.88. The highest BCUT2D eigenvalue weighted by Gasteiger charge is 2.27. The molecule has 1 saturated carbocycles. The van der Waals surface area contributed by atoms with Crippen LogP contribution in [0.1, 0.15) is 43.0 Å². The molecule has 94 valence electrons. The Morgan fingerprint density at radius 3 is 2.65 bits per heavy atom. The standard InChI is InChI=1S/C11H16N2O4/c1-13-9(6-4-3-5-6)12-7(11(16)17-2)8(14)10(13)15/h6,11,14,16H,3-5H2,1-2H3. The van der Waals surface area contributed by atoms with Gasteiger partial charge in [-0.3, -0.25) is 9.36 Å². The Hall–Kier alpha value is -1.40. The van der Waals surface area contributed by atoms with E-state index in [0.717, 1.165) is 19.3 Å². The molecule has 1 unspecified atom stereocenters. The quantitative estimate of drug-likeness (QED) is 0.747. The van der Waals surface area contributed by atoms with E-state index in [1.807, 2.05) is 0 Å². The smallest absolute Gasteiger partial charge is 0.295 e. The predicted octanol–water partition coefficient (Wildman–Crippen LogP) is 0.391. The van der Waals surface area contributed by atoms with E-state index in [1.54, 1.807) is 7.05 Å². The Kier molecular flexibility index (Phi) is 3.17. The third kappa shape index (κ3) is 1.94. The minimum atomic E-state index is -1.37. The van der Waals surface area contributed by atoms with Crippen molar-refractivity contribution in [2.24, 2.45) is 7.05 Å². The molecule has 1 atom stereocenters. The Morgan fingerprint density at radius 1 is 1.53 bits per heavy atom. The van der Waals surface area contributed by atoms with Gasteiger partial charge >= 0.3 is 0 Å².